The fraction of sp³-hybridized carbons (Fsp3) is 0.261. The zero-order valence-corrected chi connectivity index (χ0v) is 17.4. The Morgan fingerprint density at radius 3 is 2.07 bits per heavy atom. The summed E-state index contributed by atoms with van der Waals surface area (Å²) in [5.41, 5.74) is 0.848. The van der Waals surface area contributed by atoms with Gasteiger partial charge in [0.05, 0.1) is 18.8 Å². The molecule has 0 saturated carbocycles. The summed E-state index contributed by atoms with van der Waals surface area (Å²) in [5, 5.41) is 0. The van der Waals surface area contributed by atoms with E-state index in [2.05, 4.69) is 0 Å². The molecule has 0 radical (unpaired) electrons. The third-order valence-electron chi connectivity index (χ3n) is 3.74. The molecular formula is C23H24O7. The second-order valence-corrected chi connectivity index (χ2v) is 6.11. The highest BCUT2D eigenvalue weighted by Gasteiger charge is 2.13. The molecule has 0 atom stereocenters. The van der Waals surface area contributed by atoms with Gasteiger partial charge in [0.25, 0.3) is 0 Å². The lowest BCUT2D eigenvalue weighted by Crippen LogP contribution is -2.05. The van der Waals surface area contributed by atoms with Crippen LogP contribution in [-0.4, -0.2) is 30.9 Å². The summed E-state index contributed by atoms with van der Waals surface area (Å²) in [5.74, 6) is 0.0965. The van der Waals surface area contributed by atoms with Gasteiger partial charge in [0.15, 0.2) is 5.78 Å². The summed E-state index contributed by atoms with van der Waals surface area (Å²) in [6.45, 7) is 7.12. The van der Waals surface area contributed by atoms with Gasteiger partial charge in [-0.3, -0.25) is 14.4 Å². The summed E-state index contributed by atoms with van der Waals surface area (Å²) in [7, 11) is 0. The Balaban J connectivity index is 2.32. The predicted octanol–water partition coefficient (Wildman–Crippen LogP) is 4.23. The number of allylic oxidation sites excluding steroid dienone is 1. The van der Waals surface area contributed by atoms with Crippen molar-refractivity contribution in [2.75, 3.05) is 13.2 Å². The minimum Gasteiger partial charge on any atom is -0.494 e. The molecule has 0 aliphatic carbocycles. The first-order valence-electron chi connectivity index (χ1n) is 9.47. The molecule has 7 nitrogen and oxygen atoms in total. The Hall–Kier alpha value is -3.61. The summed E-state index contributed by atoms with van der Waals surface area (Å²) in [6, 6.07) is 9.55. The van der Waals surface area contributed by atoms with E-state index in [4.69, 9.17) is 18.9 Å². The van der Waals surface area contributed by atoms with E-state index in [0.29, 0.717) is 35.8 Å². The number of hydrogen-bond acceptors (Lipinski definition) is 7. The molecule has 0 N–H and O–H groups in total. The summed E-state index contributed by atoms with van der Waals surface area (Å²) >= 11 is 0. The van der Waals surface area contributed by atoms with Gasteiger partial charge in [0, 0.05) is 31.5 Å². The van der Waals surface area contributed by atoms with Crippen molar-refractivity contribution in [1.29, 1.82) is 0 Å². The van der Waals surface area contributed by atoms with E-state index in [1.54, 1.807) is 30.3 Å². The maximum atomic E-state index is 12.7. The largest absolute Gasteiger partial charge is 0.494 e. The zero-order valence-electron chi connectivity index (χ0n) is 17.4. The van der Waals surface area contributed by atoms with Crippen LogP contribution in [0, 0.1) is 0 Å². The topological polar surface area (TPSA) is 88.1 Å². The van der Waals surface area contributed by atoms with E-state index in [9.17, 15) is 14.4 Å². The first-order chi connectivity index (χ1) is 14.3. The lowest BCUT2D eigenvalue weighted by Gasteiger charge is -2.11. The van der Waals surface area contributed by atoms with E-state index in [1.807, 2.05) is 13.8 Å². The highest BCUT2D eigenvalue weighted by atomic mass is 16.5. The van der Waals surface area contributed by atoms with E-state index in [1.165, 1.54) is 32.1 Å². The second kappa shape index (κ2) is 10.8. The maximum Gasteiger partial charge on any atom is 0.308 e. The normalized spacial score (nSPS) is 10.5. The monoisotopic (exact) mass is 412 g/mol. The number of carbonyl (C=O) groups is 3. The number of ketones is 1. The van der Waals surface area contributed by atoms with Crippen LogP contribution in [0.4, 0.5) is 0 Å². The first-order valence-corrected chi connectivity index (χ1v) is 9.47. The number of rotatable bonds is 9. The molecule has 158 valence electrons. The molecular weight excluding hydrogens is 388 g/mol. The molecule has 0 bridgehead atoms. The van der Waals surface area contributed by atoms with Crippen LogP contribution in [0.25, 0.3) is 6.08 Å². The average molecular weight is 412 g/mol. The van der Waals surface area contributed by atoms with Gasteiger partial charge in [0.2, 0.25) is 0 Å². The van der Waals surface area contributed by atoms with Crippen LogP contribution < -0.4 is 18.9 Å². The van der Waals surface area contributed by atoms with Crippen molar-refractivity contribution in [1.82, 2.24) is 0 Å². The molecule has 2 aromatic carbocycles. The Morgan fingerprint density at radius 2 is 1.43 bits per heavy atom. The van der Waals surface area contributed by atoms with Gasteiger partial charge >= 0.3 is 11.9 Å². The van der Waals surface area contributed by atoms with Crippen LogP contribution in [0.3, 0.4) is 0 Å². The van der Waals surface area contributed by atoms with Gasteiger partial charge < -0.3 is 18.9 Å². The van der Waals surface area contributed by atoms with Crippen molar-refractivity contribution < 1.29 is 33.3 Å². The number of esters is 2. The molecule has 0 unspecified atom stereocenters. The Morgan fingerprint density at radius 1 is 0.800 bits per heavy atom. The van der Waals surface area contributed by atoms with Crippen molar-refractivity contribution in [2.45, 2.75) is 27.7 Å². The van der Waals surface area contributed by atoms with Crippen LogP contribution in [0.5, 0.6) is 23.0 Å². The average Bonchev–Trinajstić information content (AvgIpc) is 2.67. The highest BCUT2D eigenvalue weighted by molar-refractivity contribution is 6.09. The third-order valence-corrected chi connectivity index (χ3v) is 3.74. The molecule has 0 aromatic heterocycles. The Bertz CT molecular complexity index is 960. The summed E-state index contributed by atoms with van der Waals surface area (Å²) in [6.07, 6.45) is 2.87. The molecule has 0 amide bonds. The van der Waals surface area contributed by atoms with Crippen LogP contribution in [0.2, 0.25) is 0 Å². The quantitative estimate of drug-likeness (QED) is 0.264. The second-order valence-electron chi connectivity index (χ2n) is 6.11. The van der Waals surface area contributed by atoms with Crippen LogP contribution >= 0.6 is 0 Å². The smallest absolute Gasteiger partial charge is 0.308 e. The van der Waals surface area contributed by atoms with Crippen molar-refractivity contribution >= 4 is 23.8 Å². The first kappa shape index (κ1) is 22.7. The Labute approximate surface area is 175 Å². The van der Waals surface area contributed by atoms with Crippen LogP contribution in [0.1, 0.15) is 43.6 Å². The fourth-order valence-corrected chi connectivity index (χ4v) is 2.62. The van der Waals surface area contributed by atoms with Gasteiger partial charge in [-0.15, -0.1) is 0 Å². The van der Waals surface area contributed by atoms with Crippen molar-refractivity contribution in [3.63, 3.8) is 0 Å². The molecule has 7 heteroatoms. The van der Waals surface area contributed by atoms with Crippen molar-refractivity contribution in [2.24, 2.45) is 0 Å². The fourth-order valence-electron chi connectivity index (χ4n) is 2.62. The molecule has 0 fully saturated rings. The lowest BCUT2D eigenvalue weighted by molar-refractivity contribution is -0.132. The molecule has 0 heterocycles. The van der Waals surface area contributed by atoms with Gasteiger partial charge in [-0.2, -0.15) is 0 Å². The molecule has 2 aromatic rings. The molecule has 0 aliphatic heterocycles. The van der Waals surface area contributed by atoms with Gasteiger partial charge in [-0.25, -0.2) is 0 Å². The summed E-state index contributed by atoms with van der Waals surface area (Å²) in [4.78, 5) is 35.3. The lowest BCUT2D eigenvalue weighted by atomic mass is 10.1. The number of benzene rings is 2. The maximum absolute atomic E-state index is 12.7. The highest BCUT2D eigenvalue weighted by Crippen LogP contribution is 2.29. The van der Waals surface area contributed by atoms with E-state index >= 15 is 0 Å². The molecule has 0 saturated heterocycles. The minimum absolute atomic E-state index is 0.169. The number of carbonyl (C=O) groups excluding carboxylic acids is 3. The van der Waals surface area contributed by atoms with Crippen molar-refractivity contribution in [3.05, 3.63) is 53.6 Å². The van der Waals surface area contributed by atoms with Crippen LogP contribution in [0.15, 0.2) is 42.5 Å². The summed E-state index contributed by atoms with van der Waals surface area (Å²) < 4.78 is 21.2. The van der Waals surface area contributed by atoms with Crippen molar-refractivity contribution in [3.8, 4) is 23.0 Å². The van der Waals surface area contributed by atoms with Gasteiger partial charge in [0.1, 0.15) is 23.0 Å². The van der Waals surface area contributed by atoms with Crippen LogP contribution in [-0.2, 0) is 9.59 Å². The number of hydrogen-bond donors (Lipinski definition) is 0. The molecule has 2 rings (SSSR count). The van der Waals surface area contributed by atoms with Gasteiger partial charge in [-0.05, 0) is 50.3 Å². The minimum atomic E-state index is -0.541. The Kier molecular flexibility index (Phi) is 8.17. The third kappa shape index (κ3) is 6.48. The zero-order chi connectivity index (χ0) is 22.1. The number of ether oxygens (including phenoxy) is 4. The molecule has 0 aliphatic rings. The molecule has 0 spiro atoms. The molecule has 30 heavy (non-hydrogen) atoms. The van der Waals surface area contributed by atoms with Gasteiger partial charge in [-0.1, -0.05) is 0 Å². The van der Waals surface area contributed by atoms with E-state index in [0.717, 1.165) is 0 Å². The standard InChI is InChI=1S/C23H24O7/c1-5-27-18-10-11-20(23(13-18)28-6-2)21(26)12-8-17-7-9-19(29-15(3)24)14-22(17)30-16(4)25/h7-14H,5-6H2,1-4H3. The predicted molar refractivity (Wildman–Crippen MR) is 111 cm³/mol. The SMILES string of the molecule is CCOc1ccc(C(=O)C=Cc2ccc(OC(C)=O)cc2OC(C)=O)c(OCC)c1. The van der Waals surface area contributed by atoms with E-state index < -0.39 is 11.9 Å². The van der Waals surface area contributed by atoms with E-state index in [-0.39, 0.29) is 17.3 Å².